The van der Waals surface area contributed by atoms with Crippen LogP contribution in [-0.2, 0) is 0 Å². The van der Waals surface area contributed by atoms with Gasteiger partial charge in [-0.1, -0.05) is 13.0 Å². The van der Waals surface area contributed by atoms with Crippen LogP contribution in [0.2, 0.25) is 0 Å². The summed E-state index contributed by atoms with van der Waals surface area (Å²) in [5.41, 5.74) is 1.49. The van der Waals surface area contributed by atoms with Crippen LogP contribution < -0.4 is 10.1 Å². The van der Waals surface area contributed by atoms with Gasteiger partial charge in [0.1, 0.15) is 11.6 Å². The van der Waals surface area contributed by atoms with Gasteiger partial charge in [-0.25, -0.2) is 4.39 Å². The summed E-state index contributed by atoms with van der Waals surface area (Å²) in [6.45, 7) is 2.72. The van der Waals surface area contributed by atoms with Crippen molar-refractivity contribution in [1.82, 2.24) is 15.5 Å². The summed E-state index contributed by atoms with van der Waals surface area (Å²) in [7, 11) is 1.52. The normalized spacial score (nSPS) is 12.4. The number of methoxy groups -OCH3 is 1. The zero-order chi connectivity index (χ0) is 13.0. The van der Waals surface area contributed by atoms with Gasteiger partial charge in [0.2, 0.25) is 0 Å². The van der Waals surface area contributed by atoms with E-state index in [1.807, 2.05) is 6.92 Å². The lowest BCUT2D eigenvalue weighted by Gasteiger charge is -2.18. The molecule has 0 radical (unpaired) electrons. The molecule has 2 N–H and O–H groups in total. The molecule has 0 spiro atoms. The Hall–Kier alpha value is -1.88. The van der Waals surface area contributed by atoms with Crippen molar-refractivity contribution in [2.24, 2.45) is 0 Å². The number of benzene rings is 1. The molecule has 1 unspecified atom stereocenters. The summed E-state index contributed by atoms with van der Waals surface area (Å²) >= 11 is 0. The molecule has 2 rings (SSSR count). The number of halogens is 1. The van der Waals surface area contributed by atoms with E-state index < -0.39 is 0 Å². The third-order valence-corrected chi connectivity index (χ3v) is 2.78. The maximum Gasteiger partial charge on any atom is 0.132 e. The second-order valence-electron chi connectivity index (χ2n) is 3.91. The fraction of sp³-hybridized carbons (Fsp3) is 0.308. The third-order valence-electron chi connectivity index (χ3n) is 2.78. The monoisotopic (exact) mass is 249 g/mol. The summed E-state index contributed by atoms with van der Waals surface area (Å²) < 4.78 is 19.1. The largest absolute Gasteiger partial charge is 0.497 e. The molecule has 4 nitrogen and oxygen atoms in total. The number of aromatic nitrogens is 2. The van der Waals surface area contributed by atoms with Crippen LogP contribution in [0.1, 0.15) is 24.1 Å². The first-order chi connectivity index (χ1) is 8.76. The number of H-pyrrole nitrogens is 1. The van der Waals surface area contributed by atoms with Crippen molar-refractivity contribution in [3.05, 3.63) is 47.5 Å². The van der Waals surface area contributed by atoms with Crippen LogP contribution in [0.15, 0.2) is 30.6 Å². The van der Waals surface area contributed by atoms with Crippen molar-refractivity contribution in [3.8, 4) is 5.75 Å². The topological polar surface area (TPSA) is 49.9 Å². The minimum atomic E-state index is -0.290. The summed E-state index contributed by atoms with van der Waals surface area (Å²) in [6.07, 6.45) is 3.45. The quantitative estimate of drug-likeness (QED) is 0.854. The Morgan fingerprint density at radius 2 is 2.33 bits per heavy atom. The number of nitrogens with zero attached hydrogens (tertiary/aromatic N) is 1. The van der Waals surface area contributed by atoms with Crippen molar-refractivity contribution in [1.29, 1.82) is 0 Å². The molecule has 5 heteroatoms. The number of rotatable bonds is 5. The highest BCUT2D eigenvalue weighted by atomic mass is 19.1. The van der Waals surface area contributed by atoms with E-state index in [1.165, 1.54) is 13.2 Å². The Balaban J connectivity index is 2.37. The highest BCUT2D eigenvalue weighted by molar-refractivity contribution is 5.35. The molecule has 1 aromatic heterocycles. The van der Waals surface area contributed by atoms with Crippen LogP contribution >= 0.6 is 0 Å². The lowest BCUT2D eigenvalue weighted by Crippen LogP contribution is -2.22. The van der Waals surface area contributed by atoms with Gasteiger partial charge in [-0.3, -0.25) is 5.10 Å². The zero-order valence-electron chi connectivity index (χ0n) is 10.4. The average Bonchev–Trinajstić information content (AvgIpc) is 2.90. The molecule has 1 aromatic carbocycles. The Morgan fingerprint density at radius 3 is 2.89 bits per heavy atom. The molecule has 0 fully saturated rings. The van der Waals surface area contributed by atoms with Gasteiger partial charge in [0, 0.05) is 23.4 Å². The molecule has 0 saturated heterocycles. The van der Waals surface area contributed by atoms with Crippen LogP contribution in [0, 0.1) is 5.82 Å². The molecule has 0 saturated carbocycles. The number of hydrogen-bond donors (Lipinski definition) is 2. The standard InChI is InChI=1S/C13H16FN3O/c1-3-15-13(9-7-16-17-8-9)11-5-4-10(18-2)6-12(11)14/h4-8,13,15H,3H2,1-2H3,(H,16,17). The Morgan fingerprint density at radius 1 is 1.50 bits per heavy atom. The molecule has 1 atom stereocenters. The predicted molar refractivity (Wildman–Crippen MR) is 67.1 cm³/mol. The number of ether oxygens (including phenoxy) is 1. The minimum absolute atomic E-state index is 0.209. The van der Waals surface area contributed by atoms with Crippen LogP contribution in [0.4, 0.5) is 4.39 Å². The molecule has 2 aromatic rings. The minimum Gasteiger partial charge on any atom is -0.497 e. The average molecular weight is 249 g/mol. The summed E-state index contributed by atoms with van der Waals surface area (Å²) in [4.78, 5) is 0. The molecule has 0 aliphatic rings. The lowest BCUT2D eigenvalue weighted by molar-refractivity contribution is 0.410. The fourth-order valence-electron chi connectivity index (χ4n) is 1.90. The second-order valence-corrected chi connectivity index (χ2v) is 3.91. The van der Waals surface area contributed by atoms with E-state index in [4.69, 9.17) is 4.74 Å². The van der Waals surface area contributed by atoms with Crippen LogP contribution in [-0.4, -0.2) is 23.9 Å². The molecule has 18 heavy (non-hydrogen) atoms. The molecule has 96 valence electrons. The lowest BCUT2D eigenvalue weighted by atomic mass is 10.0. The maximum atomic E-state index is 14.1. The summed E-state index contributed by atoms with van der Waals surface area (Å²) in [6, 6.07) is 4.66. The Labute approximate surface area is 105 Å². The van der Waals surface area contributed by atoms with Gasteiger partial charge in [0.05, 0.1) is 19.3 Å². The molecule has 0 aliphatic carbocycles. The van der Waals surface area contributed by atoms with Crippen LogP contribution in [0.3, 0.4) is 0 Å². The van der Waals surface area contributed by atoms with E-state index in [9.17, 15) is 4.39 Å². The third kappa shape index (κ3) is 2.51. The van der Waals surface area contributed by atoms with Crippen molar-refractivity contribution in [3.63, 3.8) is 0 Å². The van der Waals surface area contributed by atoms with E-state index in [0.29, 0.717) is 11.3 Å². The molecule has 0 aliphatic heterocycles. The first kappa shape index (κ1) is 12.6. The molecule has 1 heterocycles. The van der Waals surface area contributed by atoms with Gasteiger partial charge in [0.25, 0.3) is 0 Å². The van der Waals surface area contributed by atoms with Gasteiger partial charge >= 0.3 is 0 Å². The predicted octanol–water partition coefficient (Wildman–Crippen LogP) is 2.26. The van der Waals surface area contributed by atoms with Crippen molar-refractivity contribution < 1.29 is 9.13 Å². The SMILES string of the molecule is CCNC(c1cn[nH]c1)c1ccc(OC)cc1F. The maximum absolute atomic E-state index is 14.1. The molecular formula is C13H16FN3O. The summed E-state index contributed by atoms with van der Waals surface area (Å²) in [5.74, 6) is 0.222. The number of aromatic amines is 1. The second kappa shape index (κ2) is 5.64. The van der Waals surface area contributed by atoms with E-state index in [1.54, 1.807) is 24.5 Å². The molecule has 0 amide bonds. The van der Waals surface area contributed by atoms with Crippen LogP contribution in [0.25, 0.3) is 0 Å². The van der Waals surface area contributed by atoms with E-state index >= 15 is 0 Å². The van der Waals surface area contributed by atoms with Gasteiger partial charge in [0.15, 0.2) is 0 Å². The number of hydrogen-bond acceptors (Lipinski definition) is 3. The van der Waals surface area contributed by atoms with Crippen molar-refractivity contribution >= 4 is 0 Å². The van der Waals surface area contributed by atoms with Gasteiger partial charge < -0.3 is 10.1 Å². The number of nitrogens with one attached hydrogen (secondary N) is 2. The van der Waals surface area contributed by atoms with Crippen LogP contribution in [0.5, 0.6) is 5.75 Å². The van der Waals surface area contributed by atoms with E-state index in [0.717, 1.165) is 12.1 Å². The molecule has 0 bridgehead atoms. The van der Waals surface area contributed by atoms with Gasteiger partial charge in [-0.05, 0) is 12.6 Å². The first-order valence-electron chi connectivity index (χ1n) is 5.81. The molecular weight excluding hydrogens is 233 g/mol. The highest BCUT2D eigenvalue weighted by Gasteiger charge is 2.18. The Bertz CT molecular complexity index is 499. The zero-order valence-corrected chi connectivity index (χ0v) is 10.4. The summed E-state index contributed by atoms with van der Waals surface area (Å²) in [5, 5.41) is 9.88. The van der Waals surface area contributed by atoms with Gasteiger partial charge in [-0.15, -0.1) is 0 Å². The smallest absolute Gasteiger partial charge is 0.132 e. The van der Waals surface area contributed by atoms with Crippen molar-refractivity contribution in [2.45, 2.75) is 13.0 Å². The Kier molecular flexibility index (Phi) is 3.94. The van der Waals surface area contributed by atoms with Gasteiger partial charge in [-0.2, -0.15) is 5.10 Å². The van der Waals surface area contributed by atoms with E-state index in [-0.39, 0.29) is 11.9 Å². The first-order valence-corrected chi connectivity index (χ1v) is 5.81. The van der Waals surface area contributed by atoms with Crippen molar-refractivity contribution in [2.75, 3.05) is 13.7 Å². The fourth-order valence-corrected chi connectivity index (χ4v) is 1.90. The highest BCUT2D eigenvalue weighted by Crippen LogP contribution is 2.26. The van der Waals surface area contributed by atoms with E-state index in [2.05, 4.69) is 15.5 Å².